The monoisotopic (exact) mass is 758 g/mol. The fraction of sp³-hybridized carbons (Fsp3) is 0. The Hall–Kier alpha value is -7.40. The molecular formula is C54H34N2OS. The van der Waals surface area contributed by atoms with E-state index in [4.69, 9.17) is 4.42 Å². The number of thiophene rings is 1. The van der Waals surface area contributed by atoms with Gasteiger partial charge in [0.1, 0.15) is 11.2 Å². The lowest BCUT2D eigenvalue weighted by atomic mass is 9.97. The summed E-state index contributed by atoms with van der Waals surface area (Å²) < 4.78 is 11.3. The van der Waals surface area contributed by atoms with Crippen LogP contribution in [0.15, 0.2) is 211 Å². The predicted molar refractivity (Wildman–Crippen MR) is 247 cm³/mol. The molecule has 0 radical (unpaired) electrons. The van der Waals surface area contributed by atoms with E-state index in [-0.39, 0.29) is 0 Å². The first-order valence-corrected chi connectivity index (χ1v) is 20.5. The Bertz CT molecular complexity index is 3540. The van der Waals surface area contributed by atoms with Crippen LogP contribution in [0, 0.1) is 0 Å². The molecule has 0 saturated heterocycles. The van der Waals surface area contributed by atoms with Gasteiger partial charge in [0.2, 0.25) is 0 Å². The maximum Gasteiger partial charge on any atom is 0.135 e. The van der Waals surface area contributed by atoms with Gasteiger partial charge in [-0.3, -0.25) is 0 Å². The molecule has 0 aliphatic carbocycles. The Balaban J connectivity index is 1.15. The molecule has 0 N–H and O–H groups in total. The molecule has 0 fully saturated rings. The Morgan fingerprint density at radius 1 is 0.397 bits per heavy atom. The quantitative estimate of drug-likeness (QED) is 0.168. The van der Waals surface area contributed by atoms with Crippen molar-refractivity contribution in [3.05, 3.63) is 206 Å². The Kier molecular flexibility index (Phi) is 7.40. The van der Waals surface area contributed by atoms with E-state index in [1.165, 1.54) is 47.6 Å². The summed E-state index contributed by atoms with van der Waals surface area (Å²) in [6.45, 7) is 0. The number of anilines is 3. The summed E-state index contributed by atoms with van der Waals surface area (Å²) >= 11 is 1.87. The van der Waals surface area contributed by atoms with Crippen LogP contribution in [-0.2, 0) is 0 Å². The van der Waals surface area contributed by atoms with Gasteiger partial charge in [-0.2, -0.15) is 0 Å². The van der Waals surface area contributed by atoms with E-state index >= 15 is 0 Å². The number of aromatic nitrogens is 1. The minimum absolute atomic E-state index is 0.889. The molecule has 0 spiro atoms. The highest BCUT2D eigenvalue weighted by Gasteiger charge is 2.24. The van der Waals surface area contributed by atoms with Crippen molar-refractivity contribution in [3.63, 3.8) is 0 Å². The molecule has 3 aromatic heterocycles. The molecule has 58 heavy (non-hydrogen) atoms. The zero-order valence-corrected chi connectivity index (χ0v) is 32.2. The number of nitrogens with zero attached hydrogens (tertiary/aromatic N) is 2. The van der Waals surface area contributed by atoms with Gasteiger partial charge in [0, 0.05) is 69.8 Å². The highest BCUT2D eigenvalue weighted by atomic mass is 32.1. The van der Waals surface area contributed by atoms with Crippen LogP contribution in [-0.4, -0.2) is 4.57 Å². The fourth-order valence-corrected chi connectivity index (χ4v) is 10.3. The summed E-state index contributed by atoms with van der Waals surface area (Å²) in [7, 11) is 0. The first-order valence-electron chi connectivity index (χ1n) is 19.7. The summed E-state index contributed by atoms with van der Waals surface area (Å²) in [4.78, 5) is 2.47. The van der Waals surface area contributed by atoms with E-state index in [2.05, 4.69) is 204 Å². The molecule has 272 valence electrons. The molecule has 12 aromatic rings. The molecule has 3 heterocycles. The van der Waals surface area contributed by atoms with Crippen molar-refractivity contribution < 1.29 is 4.42 Å². The minimum atomic E-state index is 0.889. The van der Waals surface area contributed by atoms with Gasteiger partial charge in [-0.25, -0.2) is 0 Å². The van der Waals surface area contributed by atoms with Crippen LogP contribution < -0.4 is 4.90 Å². The van der Waals surface area contributed by atoms with E-state index in [1.807, 2.05) is 23.5 Å². The van der Waals surface area contributed by atoms with Crippen LogP contribution in [0.4, 0.5) is 17.1 Å². The van der Waals surface area contributed by atoms with Crippen molar-refractivity contribution in [2.45, 2.75) is 0 Å². The molecule has 0 aliphatic heterocycles. The number of hydrogen-bond donors (Lipinski definition) is 0. The van der Waals surface area contributed by atoms with Crippen LogP contribution in [0.5, 0.6) is 0 Å². The van der Waals surface area contributed by atoms with Crippen molar-refractivity contribution in [2.24, 2.45) is 0 Å². The topological polar surface area (TPSA) is 21.3 Å². The van der Waals surface area contributed by atoms with Crippen LogP contribution in [0.2, 0.25) is 0 Å². The van der Waals surface area contributed by atoms with Crippen LogP contribution in [0.1, 0.15) is 0 Å². The van der Waals surface area contributed by atoms with Crippen molar-refractivity contribution in [1.29, 1.82) is 0 Å². The second-order valence-electron chi connectivity index (χ2n) is 14.8. The van der Waals surface area contributed by atoms with Crippen LogP contribution in [0.25, 0.3) is 91.9 Å². The minimum Gasteiger partial charge on any atom is -0.456 e. The SMILES string of the molecule is c1ccc(-n2c3ccccc3c3ccc(N(c4ccccc4-c4ccc5oc6ccccc6c5c4)c4ccccc4-c4cccc5c4sc4ccccc45)cc32)cc1. The molecule has 0 aliphatic rings. The van der Waals surface area contributed by atoms with Gasteiger partial charge in [-0.15, -0.1) is 11.3 Å². The molecule has 9 aromatic carbocycles. The standard InChI is InChI=1S/C54H34N2OS/c1-2-15-36(16-3-1)55-48-25-10-5-18-39(48)41-31-30-37(34-50(41)55)56(47-24-9-4-17-38(47)35-29-32-52-46(33-35)42-20-7-12-27-51(42)57-52)49-26-11-6-19-40(49)44-22-14-23-45-43-21-8-13-28-53(43)58-54(44)45/h1-34H. The third-order valence-electron chi connectivity index (χ3n) is 11.6. The molecular weight excluding hydrogens is 725 g/mol. The molecule has 4 heteroatoms. The van der Waals surface area contributed by atoms with E-state index in [0.29, 0.717) is 0 Å². The largest absolute Gasteiger partial charge is 0.456 e. The predicted octanol–water partition coefficient (Wildman–Crippen LogP) is 15.9. The summed E-state index contributed by atoms with van der Waals surface area (Å²) in [5.74, 6) is 0. The maximum absolute atomic E-state index is 6.28. The number of rotatable bonds is 6. The summed E-state index contributed by atoms with van der Waals surface area (Å²) in [5.41, 5.74) is 13.2. The number of furan rings is 1. The molecule has 12 rings (SSSR count). The summed E-state index contributed by atoms with van der Waals surface area (Å²) in [6.07, 6.45) is 0. The lowest BCUT2D eigenvalue weighted by molar-refractivity contribution is 0.669. The highest BCUT2D eigenvalue weighted by molar-refractivity contribution is 7.26. The Morgan fingerprint density at radius 2 is 1.03 bits per heavy atom. The molecule has 0 unspecified atom stereocenters. The van der Waals surface area contributed by atoms with Crippen molar-refractivity contribution >= 4 is 92.3 Å². The second-order valence-corrected chi connectivity index (χ2v) is 15.9. The van der Waals surface area contributed by atoms with E-state index in [9.17, 15) is 0 Å². The Morgan fingerprint density at radius 3 is 1.91 bits per heavy atom. The first-order chi connectivity index (χ1) is 28.8. The van der Waals surface area contributed by atoms with Gasteiger partial charge in [0.05, 0.1) is 22.4 Å². The van der Waals surface area contributed by atoms with E-state index in [1.54, 1.807) is 0 Å². The van der Waals surface area contributed by atoms with E-state index < -0.39 is 0 Å². The number of hydrogen-bond acceptors (Lipinski definition) is 3. The molecule has 0 bridgehead atoms. The Labute approximate surface area is 338 Å². The smallest absolute Gasteiger partial charge is 0.135 e. The van der Waals surface area contributed by atoms with Crippen LogP contribution >= 0.6 is 11.3 Å². The van der Waals surface area contributed by atoms with Crippen molar-refractivity contribution in [1.82, 2.24) is 4.57 Å². The van der Waals surface area contributed by atoms with Crippen LogP contribution in [0.3, 0.4) is 0 Å². The summed E-state index contributed by atoms with van der Waals surface area (Å²) in [6, 6.07) is 74.6. The van der Waals surface area contributed by atoms with Gasteiger partial charge >= 0.3 is 0 Å². The third-order valence-corrected chi connectivity index (χ3v) is 12.8. The third kappa shape index (κ3) is 5.05. The lowest BCUT2D eigenvalue weighted by Crippen LogP contribution is -2.12. The van der Waals surface area contributed by atoms with Gasteiger partial charge in [0.25, 0.3) is 0 Å². The zero-order chi connectivity index (χ0) is 38.2. The molecule has 0 amide bonds. The average Bonchev–Trinajstić information content (AvgIpc) is 3.96. The number of fused-ring (bicyclic) bond motifs is 9. The van der Waals surface area contributed by atoms with Crippen molar-refractivity contribution in [2.75, 3.05) is 4.90 Å². The molecule has 3 nitrogen and oxygen atoms in total. The summed E-state index contributed by atoms with van der Waals surface area (Å²) in [5, 5.41) is 7.27. The highest BCUT2D eigenvalue weighted by Crippen LogP contribution is 2.49. The fourth-order valence-electron chi connectivity index (χ4n) is 9.02. The second kappa shape index (κ2) is 13.1. The molecule has 0 saturated carbocycles. The van der Waals surface area contributed by atoms with Gasteiger partial charge in [-0.1, -0.05) is 140 Å². The maximum atomic E-state index is 6.28. The van der Waals surface area contributed by atoms with Gasteiger partial charge in [0.15, 0.2) is 0 Å². The van der Waals surface area contributed by atoms with Crippen molar-refractivity contribution in [3.8, 4) is 27.9 Å². The number of para-hydroxylation sites is 5. The number of benzene rings is 9. The first kappa shape index (κ1) is 32.8. The van der Waals surface area contributed by atoms with E-state index in [0.717, 1.165) is 61.3 Å². The zero-order valence-electron chi connectivity index (χ0n) is 31.3. The van der Waals surface area contributed by atoms with Gasteiger partial charge in [-0.05, 0) is 72.3 Å². The lowest BCUT2D eigenvalue weighted by Gasteiger charge is -2.30. The molecule has 0 atom stereocenters. The van der Waals surface area contributed by atoms with Gasteiger partial charge < -0.3 is 13.9 Å². The normalized spacial score (nSPS) is 11.8. The average molecular weight is 759 g/mol.